The SMILES string of the molecule is CC(C)(C)SCC(=O)N(CC(=O)O)c1ccc(Cl)cc1. The second-order valence-electron chi connectivity index (χ2n) is 5.25. The summed E-state index contributed by atoms with van der Waals surface area (Å²) in [5, 5.41) is 9.49. The van der Waals surface area contributed by atoms with Crippen molar-refractivity contribution in [3.8, 4) is 0 Å². The molecular formula is C14H18ClNO3S. The number of hydrogen-bond acceptors (Lipinski definition) is 3. The first kappa shape index (κ1) is 16.9. The maximum Gasteiger partial charge on any atom is 0.323 e. The summed E-state index contributed by atoms with van der Waals surface area (Å²) in [5.41, 5.74) is 0.538. The Morgan fingerprint density at radius 2 is 1.80 bits per heavy atom. The molecule has 1 aromatic rings. The van der Waals surface area contributed by atoms with Gasteiger partial charge >= 0.3 is 5.97 Å². The molecule has 1 N–H and O–H groups in total. The van der Waals surface area contributed by atoms with Crippen LogP contribution in [0.1, 0.15) is 20.8 Å². The quantitative estimate of drug-likeness (QED) is 0.906. The Bertz CT molecular complexity index is 482. The van der Waals surface area contributed by atoms with Crippen LogP contribution in [0.4, 0.5) is 5.69 Å². The van der Waals surface area contributed by atoms with Crippen LogP contribution in [0.2, 0.25) is 5.02 Å². The summed E-state index contributed by atoms with van der Waals surface area (Å²) in [7, 11) is 0. The van der Waals surface area contributed by atoms with Gasteiger partial charge in [-0.05, 0) is 24.3 Å². The van der Waals surface area contributed by atoms with Gasteiger partial charge in [0, 0.05) is 15.5 Å². The van der Waals surface area contributed by atoms with Crippen molar-refractivity contribution in [3.63, 3.8) is 0 Å². The Kier molecular flexibility index (Phi) is 5.89. The molecule has 0 aliphatic heterocycles. The fraction of sp³-hybridized carbons (Fsp3) is 0.429. The predicted molar refractivity (Wildman–Crippen MR) is 83.7 cm³/mol. The third kappa shape index (κ3) is 5.84. The van der Waals surface area contributed by atoms with Crippen LogP contribution in [0, 0.1) is 0 Å². The van der Waals surface area contributed by atoms with Crippen LogP contribution in [-0.2, 0) is 9.59 Å². The van der Waals surface area contributed by atoms with Crippen LogP contribution < -0.4 is 4.90 Å². The van der Waals surface area contributed by atoms with Gasteiger partial charge in [0.05, 0.1) is 5.75 Å². The number of amides is 1. The lowest BCUT2D eigenvalue weighted by Gasteiger charge is -2.23. The molecule has 0 heterocycles. The van der Waals surface area contributed by atoms with Crippen molar-refractivity contribution in [2.24, 2.45) is 0 Å². The molecule has 1 amide bonds. The number of carboxylic acid groups (broad SMARTS) is 1. The van der Waals surface area contributed by atoms with E-state index in [0.717, 1.165) is 0 Å². The standard InChI is InChI=1S/C14H18ClNO3S/c1-14(2,3)20-9-12(17)16(8-13(18)19)11-6-4-10(15)5-7-11/h4-7H,8-9H2,1-3H3,(H,18,19). The molecule has 1 rings (SSSR count). The van der Waals surface area contributed by atoms with Crippen molar-refractivity contribution in [3.05, 3.63) is 29.3 Å². The molecule has 0 bridgehead atoms. The Balaban J connectivity index is 2.86. The molecule has 0 unspecified atom stereocenters. The first-order chi connectivity index (χ1) is 9.19. The Labute approximate surface area is 128 Å². The number of nitrogens with zero attached hydrogens (tertiary/aromatic N) is 1. The van der Waals surface area contributed by atoms with Gasteiger partial charge in [0.2, 0.25) is 5.91 Å². The van der Waals surface area contributed by atoms with Crippen LogP contribution >= 0.6 is 23.4 Å². The van der Waals surface area contributed by atoms with Crippen LogP contribution in [0.3, 0.4) is 0 Å². The van der Waals surface area contributed by atoms with Gasteiger partial charge in [-0.25, -0.2) is 0 Å². The minimum Gasteiger partial charge on any atom is -0.480 e. The maximum atomic E-state index is 12.2. The van der Waals surface area contributed by atoms with Crippen LogP contribution in [0.25, 0.3) is 0 Å². The summed E-state index contributed by atoms with van der Waals surface area (Å²) in [6, 6.07) is 6.56. The molecule has 6 heteroatoms. The molecule has 0 spiro atoms. The predicted octanol–water partition coefficient (Wildman–Crippen LogP) is 3.29. The van der Waals surface area contributed by atoms with E-state index in [4.69, 9.17) is 16.7 Å². The monoisotopic (exact) mass is 315 g/mol. The van der Waals surface area contributed by atoms with Gasteiger partial charge in [-0.15, -0.1) is 11.8 Å². The van der Waals surface area contributed by atoms with E-state index < -0.39 is 5.97 Å². The topological polar surface area (TPSA) is 57.6 Å². The minimum absolute atomic E-state index is 0.0510. The van der Waals surface area contributed by atoms with Gasteiger partial charge in [0.25, 0.3) is 0 Å². The number of aliphatic carboxylic acids is 1. The van der Waals surface area contributed by atoms with Gasteiger partial charge in [-0.2, -0.15) is 0 Å². The van der Waals surface area contributed by atoms with E-state index in [2.05, 4.69) is 0 Å². The van der Waals surface area contributed by atoms with E-state index in [1.807, 2.05) is 20.8 Å². The first-order valence-electron chi connectivity index (χ1n) is 6.11. The van der Waals surface area contributed by atoms with Crippen molar-refractivity contribution in [1.29, 1.82) is 0 Å². The second kappa shape index (κ2) is 6.99. The van der Waals surface area contributed by atoms with Crippen LogP contribution in [0.15, 0.2) is 24.3 Å². The fourth-order valence-corrected chi connectivity index (χ4v) is 2.27. The van der Waals surface area contributed by atoms with Gasteiger partial charge in [-0.1, -0.05) is 32.4 Å². The third-order valence-electron chi connectivity index (χ3n) is 2.36. The molecule has 110 valence electrons. The highest BCUT2D eigenvalue weighted by Crippen LogP contribution is 2.25. The molecule has 1 aromatic carbocycles. The van der Waals surface area contributed by atoms with Crippen molar-refractivity contribution in [1.82, 2.24) is 0 Å². The highest BCUT2D eigenvalue weighted by molar-refractivity contribution is 8.01. The van der Waals surface area contributed by atoms with E-state index in [1.54, 1.807) is 24.3 Å². The highest BCUT2D eigenvalue weighted by Gasteiger charge is 2.21. The number of carbonyl (C=O) groups is 2. The molecule has 20 heavy (non-hydrogen) atoms. The summed E-state index contributed by atoms with van der Waals surface area (Å²) in [5.74, 6) is -1.04. The minimum atomic E-state index is -1.05. The number of carboxylic acids is 1. The average molecular weight is 316 g/mol. The lowest BCUT2D eigenvalue weighted by molar-refractivity contribution is -0.136. The molecule has 0 radical (unpaired) electrons. The van der Waals surface area contributed by atoms with Gasteiger partial charge < -0.3 is 10.0 Å². The first-order valence-corrected chi connectivity index (χ1v) is 7.47. The Morgan fingerprint density at radius 1 is 1.25 bits per heavy atom. The van der Waals surface area contributed by atoms with E-state index in [1.165, 1.54) is 16.7 Å². The lowest BCUT2D eigenvalue weighted by Crippen LogP contribution is -2.37. The van der Waals surface area contributed by atoms with Crippen molar-refractivity contribution in [2.45, 2.75) is 25.5 Å². The molecule has 0 atom stereocenters. The number of anilines is 1. The van der Waals surface area contributed by atoms with Gasteiger partial charge in [0.1, 0.15) is 6.54 Å². The van der Waals surface area contributed by atoms with Crippen LogP contribution in [-0.4, -0.2) is 34.0 Å². The van der Waals surface area contributed by atoms with E-state index in [0.29, 0.717) is 10.7 Å². The van der Waals surface area contributed by atoms with E-state index >= 15 is 0 Å². The molecule has 0 aliphatic carbocycles. The zero-order valence-electron chi connectivity index (χ0n) is 11.7. The molecule has 0 fully saturated rings. The summed E-state index contributed by atoms with van der Waals surface area (Å²) in [6.45, 7) is 5.67. The number of halogens is 1. The van der Waals surface area contributed by atoms with E-state index in [-0.39, 0.29) is 23.0 Å². The largest absolute Gasteiger partial charge is 0.480 e. The summed E-state index contributed by atoms with van der Waals surface area (Å²) < 4.78 is -0.0510. The van der Waals surface area contributed by atoms with Crippen LogP contribution in [0.5, 0.6) is 0 Å². The zero-order valence-corrected chi connectivity index (χ0v) is 13.3. The summed E-state index contributed by atoms with van der Waals surface area (Å²) in [6.07, 6.45) is 0. The Hall–Kier alpha value is -1.20. The van der Waals surface area contributed by atoms with Crippen molar-refractivity contribution >= 4 is 40.9 Å². The van der Waals surface area contributed by atoms with Crippen molar-refractivity contribution in [2.75, 3.05) is 17.2 Å². The third-order valence-corrected chi connectivity index (χ3v) is 3.87. The molecule has 0 saturated carbocycles. The zero-order chi connectivity index (χ0) is 15.3. The number of hydrogen-bond donors (Lipinski definition) is 1. The molecule has 0 saturated heterocycles. The second-order valence-corrected chi connectivity index (χ2v) is 7.49. The molecule has 0 aromatic heterocycles. The Morgan fingerprint density at radius 3 is 2.25 bits per heavy atom. The molecule has 4 nitrogen and oxygen atoms in total. The molecule has 0 aliphatic rings. The maximum absolute atomic E-state index is 12.2. The normalized spacial score (nSPS) is 11.2. The summed E-state index contributed by atoms with van der Waals surface area (Å²) in [4.78, 5) is 24.4. The number of rotatable bonds is 5. The lowest BCUT2D eigenvalue weighted by atomic mass is 10.3. The van der Waals surface area contributed by atoms with Crippen molar-refractivity contribution < 1.29 is 14.7 Å². The van der Waals surface area contributed by atoms with Gasteiger partial charge in [-0.3, -0.25) is 9.59 Å². The van der Waals surface area contributed by atoms with Gasteiger partial charge in [0.15, 0.2) is 0 Å². The fourth-order valence-electron chi connectivity index (χ4n) is 1.44. The summed E-state index contributed by atoms with van der Waals surface area (Å²) >= 11 is 7.28. The highest BCUT2D eigenvalue weighted by atomic mass is 35.5. The number of benzene rings is 1. The number of thioether (sulfide) groups is 1. The number of carbonyl (C=O) groups excluding carboxylic acids is 1. The average Bonchev–Trinajstić information content (AvgIpc) is 2.33. The smallest absolute Gasteiger partial charge is 0.323 e. The molecular weight excluding hydrogens is 298 g/mol. The van der Waals surface area contributed by atoms with E-state index in [9.17, 15) is 9.59 Å².